The Morgan fingerprint density at radius 1 is 1.25 bits per heavy atom. The Hall–Kier alpha value is -2.58. The van der Waals surface area contributed by atoms with Crippen molar-refractivity contribution >= 4 is 5.91 Å². The molecular weight excluding hydrogens is 302 g/mol. The van der Waals surface area contributed by atoms with Gasteiger partial charge in [0.1, 0.15) is 5.76 Å². The second-order valence-electron chi connectivity index (χ2n) is 6.12. The third-order valence-electron chi connectivity index (χ3n) is 4.51. The number of benzene rings is 1. The molecule has 0 saturated carbocycles. The van der Waals surface area contributed by atoms with Crippen molar-refractivity contribution in [3.63, 3.8) is 0 Å². The molecule has 0 unspecified atom stereocenters. The molecule has 1 aliphatic heterocycles. The van der Waals surface area contributed by atoms with E-state index in [0.29, 0.717) is 6.54 Å². The zero-order valence-electron chi connectivity index (χ0n) is 13.6. The van der Waals surface area contributed by atoms with Crippen LogP contribution in [0.5, 0.6) is 0 Å². The third kappa shape index (κ3) is 4.03. The number of hydrogen-bond acceptors (Lipinski definition) is 4. The minimum atomic E-state index is 0.0578. The highest BCUT2D eigenvalue weighted by Crippen LogP contribution is 2.20. The lowest BCUT2D eigenvalue weighted by molar-refractivity contribution is -0.126. The van der Waals surface area contributed by atoms with E-state index in [9.17, 15) is 10.1 Å². The van der Waals surface area contributed by atoms with Crippen LogP contribution in [-0.2, 0) is 17.9 Å². The monoisotopic (exact) mass is 323 g/mol. The van der Waals surface area contributed by atoms with Gasteiger partial charge in [0.2, 0.25) is 5.91 Å². The minimum Gasteiger partial charge on any atom is -0.467 e. The summed E-state index contributed by atoms with van der Waals surface area (Å²) in [5.74, 6) is 0.930. The van der Waals surface area contributed by atoms with Gasteiger partial charge in [-0.05, 0) is 49.7 Å². The van der Waals surface area contributed by atoms with E-state index in [1.807, 2.05) is 36.4 Å². The van der Waals surface area contributed by atoms with Gasteiger partial charge in [0, 0.05) is 12.5 Å². The lowest BCUT2D eigenvalue weighted by Gasteiger charge is -2.31. The molecule has 24 heavy (non-hydrogen) atoms. The Morgan fingerprint density at radius 2 is 2.04 bits per heavy atom. The lowest BCUT2D eigenvalue weighted by Crippen LogP contribution is -2.40. The highest BCUT2D eigenvalue weighted by atomic mass is 16.3. The molecule has 5 heteroatoms. The van der Waals surface area contributed by atoms with Crippen LogP contribution < -0.4 is 5.32 Å². The van der Waals surface area contributed by atoms with E-state index < -0.39 is 0 Å². The summed E-state index contributed by atoms with van der Waals surface area (Å²) >= 11 is 0. The van der Waals surface area contributed by atoms with E-state index >= 15 is 0 Å². The number of nitrogens with zero attached hydrogens (tertiary/aromatic N) is 2. The Balaban J connectivity index is 1.47. The van der Waals surface area contributed by atoms with Crippen LogP contribution in [0.1, 0.15) is 29.7 Å². The summed E-state index contributed by atoms with van der Waals surface area (Å²) in [5, 5.41) is 12.1. The number of piperidine rings is 1. The van der Waals surface area contributed by atoms with Crippen LogP contribution in [0.4, 0.5) is 0 Å². The van der Waals surface area contributed by atoms with Crippen LogP contribution in [-0.4, -0.2) is 23.9 Å². The number of likely N-dealkylation sites (tertiary alicyclic amines) is 1. The van der Waals surface area contributed by atoms with Crippen LogP contribution in [0.15, 0.2) is 47.1 Å². The number of carbonyl (C=O) groups is 1. The zero-order valence-corrected chi connectivity index (χ0v) is 13.6. The fourth-order valence-electron chi connectivity index (χ4n) is 3.09. The molecule has 0 aliphatic carbocycles. The SMILES string of the molecule is N#Cc1ccccc1CN1CCC(C(=O)NCc2ccco2)CC1. The fraction of sp³-hybridized carbons (Fsp3) is 0.368. The van der Waals surface area contributed by atoms with Gasteiger partial charge in [-0.1, -0.05) is 18.2 Å². The first-order chi connectivity index (χ1) is 11.8. The molecule has 0 spiro atoms. The molecule has 2 heterocycles. The summed E-state index contributed by atoms with van der Waals surface area (Å²) in [5.41, 5.74) is 1.79. The number of rotatable bonds is 5. The van der Waals surface area contributed by atoms with Crippen LogP contribution in [0.3, 0.4) is 0 Å². The molecule has 124 valence electrons. The van der Waals surface area contributed by atoms with Gasteiger partial charge in [-0.25, -0.2) is 0 Å². The molecule has 3 rings (SSSR count). The van der Waals surface area contributed by atoms with Gasteiger partial charge in [0.25, 0.3) is 0 Å². The summed E-state index contributed by atoms with van der Waals surface area (Å²) in [6, 6.07) is 13.6. The number of carbonyl (C=O) groups excluding carboxylic acids is 1. The highest BCUT2D eigenvalue weighted by molar-refractivity contribution is 5.78. The summed E-state index contributed by atoms with van der Waals surface area (Å²) in [6.07, 6.45) is 3.30. The van der Waals surface area contributed by atoms with Gasteiger partial charge < -0.3 is 9.73 Å². The molecular formula is C19H21N3O2. The topological polar surface area (TPSA) is 69.3 Å². The van der Waals surface area contributed by atoms with Crippen molar-refractivity contribution < 1.29 is 9.21 Å². The van der Waals surface area contributed by atoms with E-state index in [0.717, 1.165) is 49.4 Å². The predicted molar refractivity (Wildman–Crippen MR) is 89.7 cm³/mol. The molecule has 0 radical (unpaired) electrons. The van der Waals surface area contributed by atoms with E-state index in [1.165, 1.54) is 0 Å². The van der Waals surface area contributed by atoms with Crippen molar-refractivity contribution in [1.29, 1.82) is 5.26 Å². The van der Waals surface area contributed by atoms with E-state index in [-0.39, 0.29) is 11.8 Å². The number of amides is 1. The summed E-state index contributed by atoms with van der Waals surface area (Å²) in [4.78, 5) is 14.6. The van der Waals surface area contributed by atoms with Crippen LogP contribution in [0, 0.1) is 17.2 Å². The zero-order chi connectivity index (χ0) is 16.8. The maximum absolute atomic E-state index is 12.2. The molecule has 1 fully saturated rings. The standard InChI is InChI=1S/C19H21N3O2/c20-12-16-4-1-2-5-17(16)14-22-9-7-15(8-10-22)19(23)21-13-18-6-3-11-24-18/h1-6,11,15H,7-10,13-14H2,(H,21,23). The van der Waals surface area contributed by atoms with Gasteiger partial charge in [-0.3, -0.25) is 9.69 Å². The maximum atomic E-state index is 12.2. The molecule has 1 amide bonds. The predicted octanol–water partition coefficient (Wildman–Crippen LogP) is 2.68. The summed E-state index contributed by atoms with van der Waals surface area (Å²) in [7, 11) is 0. The molecule has 0 bridgehead atoms. The average Bonchev–Trinajstić information content (AvgIpc) is 3.14. The summed E-state index contributed by atoms with van der Waals surface area (Å²) < 4.78 is 5.23. The van der Waals surface area contributed by atoms with Gasteiger partial charge in [-0.15, -0.1) is 0 Å². The molecule has 1 aromatic heterocycles. The van der Waals surface area contributed by atoms with Crippen LogP contribution in [0.25, 0.3) is 0 Å². The third-order valence-corrected chi connectivity index (χ3v) is 4.51. The first-order valence-electron chi connectivity index (χ1n) is 8.26. The molecule has 0 atom stereocenters. The Labute approximate surface area is 141 Å². The molecule has 2 aromatic rings. The Morgan fingerprint density at radius 3 is 2.75 bits per heavy atom. The van der Waals surface area contributed by atoms with Gasteiger partial charge in [0.15, 0.2) is 0 Å². The normalized spacial score (nSPS) is 15.8. The van der Waals surface area contributed by atoms with Gasteiger partial charge in [-0.2, -0.15) is 5.26 Å². The smallest absolute Gasteiger partial charge is 0.223 e. The molecule has 1 N–H and O–H groups in total. The number of furan rings is 1. The molecule has 1 saturated heterocycles. The summed E-state index contributed by atoms with van der Waals surface area (Å²) in [6.45, 7) is 2.96. The number of nitrogens with one attached hydrogen (secondary N) is 1. The first kappa shape index (κ1) is 16.3. The average molecular weight is 323 g/mol. The largest absolute Gasteiger partial charge is 0.467 e. The van der Waals surface area contributed by atoms with Gasteiger partial charge >= 0.3 is 0 Å². The number of hydrogen-bond donors (Lipinski definition) is 1. The van der Waals surface area contributed by atoms with Gasteiger partial charge in [0.05, 0.1) is 24.4 Å². The minimum absolute atomic E-state index is 0.0578. The quantitative estimate of drug-likeness (QED) is 0.918. The Kier molecular flexibility index (Phi) is 5.29. The second-order valence-corrected chi connectivity index (χ2v) is 6.12. The van der Waals surface area contributed by atoms with Crippen molar-refractivity contribution in [3.8, 4) is 6.07 Å². The van der Waals surface area contributed by atoms with Crippen LogP contribution in [0.2, 0.25) is 0 Å². The second kappa shape index (κ2) is 7.80. The molecule has 5 nitrogen and oxygen atoms in total. The van der Waals surface area contributed by atoms with Crippen molar-refractivity contribution in [1.82, 2.24) is 10.2 Å². The first-order valence-corrected chi connectivity index (χ1v) is 8.26. The number of nitriles is 1. The van der Waals surface area contributed by atoms with Crippen molar-refractivity contribution in [2.45, 2.75) is 25.9 Å². The van der Waals surface area contributed by atoms with Crippen LogP contribution >= 0.6 is 0 Å². The van der Waals surface area contributed by atoms with Crippen molar-refractivity contribution in [2.24, 2.45) is 5.92 Å². The van der Waals surface area contributed by atoms with Crippen molar-refractivity contribution in [3.05, 3.63) is 59.5 Å². The maximum Gasteiger partial charge on any atom is 0.223 e. The van der Waals surface area contributed by atoms with E-state index in [1.54, 1.807) is 6.26 Å². The Bertz CT molecular complexity index is 710. The highest BCUT2D eigenvalue weighted by Gasteiger charge is 2.25. The fourth-order valence-corrected chi connectivity index (χ4v) is 3.09. The van der Waals surface area contributed by atoms with E-state index in [4.69, 9.17) is 4.42 Å². The van der Waals surface area contributed by atoms with E-state index in [2.05, 4.69) is 16.3 Å². The lowest BCUT2D eigenvalue weighted by atomic mass is 9.95. The van der Waals surface area contributed by atoms with Crippen molar-refractivity contribution in [2.75, 3.05) is 13.1 Å². The molecule has 1 aromatic carbocycles. The molecule has 1 aliphatic rings.